The number of benzene rings is 1. The van der Waals surface area contributed by atoms with Gasteiger partial charge >= 0.3 is 5.97 Å². The maximum Gasteiger partial charge on any atom is 0.310 e. The van der Waals surface area contributed by atoms with Crippen molar-refractivity contribution >= 4 is 11.9 Å². The summed E-state index contributed by atoms with van der Waals surface area (Å²) in [6.07, 6.45) is 1.88. The number of ether oxygens (including phenoxy) is 2. The second kappa shape index (κ2) is 7.27. The Labute approximate surface area is 154 Å². The quantitative estimate of drug-likeness (QED) is 0.843. The highest BCUT2D eigenvalue weighted by atomic mass is 16.5. The number of carboxylic acid groups (broad SMARTS) is 1. The Kier molecular flexibility index (Phi) is 5.23. The third kappa shape index (κ3) is 4.18. The molecule has 0 radical (unpaired) electrons. The average Bonchev–Trinajstić information content (AvgIpc) is 2.55. The van der Waals surface area contributed by atoms with Crippen molar-refractivity contribution in [2.75, 3.05) is 19.7 Å². The minimum atomic E-state index is -0.866. The van der Waals surface area contributed by atoms with Gasteiger partial charge in [-0.2, -0.15) is 0 Å². The lowest BCUT2D eigenvalue weighted by Crippen LogP contribution is -2.57. The van der Waals surface area contributed by atoms with Gasteiger partial charge in [-0.25, -0.2) is 0 Å². The summed E-state index contributed by atoms with van der Waals surface area (Å²) in [5, 5.41) is 9.48. The molecule has 0 spiro atoms. The maximum absolute atomic E-state index is 12.8. The largest absolute Gasteiger partial charge is 0.491 e. The molecule has 1 aromatic carbocycles. The van der Waals surface area contributed by atoms with Crippen molar-refractivity contribution in [2.45, 2.75) is 51.2 Å². The molecular weight excluding hydrogens is 334 g/mol. The topological polar surface area (TPSA) is 76.1 Å². The molecule has 1 N–H and O–H groups in total. The minimum absolute atomic E-state index is 0.0741. The van der Waals surface area contributed by atoms with Crippen LogP contribution >= 0.6 is 0 Å². The number of carbonyl (C=O) groups excluding carboxylic acids is 1. The Balaban J connectivity index is 1.61. The summed E-state index contributed by atoms with van der Waals surface area (Å²) in [6.45, 7) is 5.12. The van der Waals surface area contributed by atoms with Crippen LogP contribution in [0.1, 0.15) is 39.5 Å². The van der Waals surface area contributed by atoms with Crippen molar-refractivity contribution in [2.24, 2.45) is 5.41 Å². The number of hydrogen-bond acceptors (Lipinski definition) is 4. The summed E-state index contributed by atoms with van der Waals surface area (Å²) < 4.78 is 11.8. The fourth-order valence-electron chi connectivity index (χ4n) is 3.75. The molecule has 142 valence electrons. The fraction of sp³-hybridized carbons (Fsp3) is 0.600. The van der Waals surface area contributed by atoms with Crippen LogP contribution in [-0.2, 0) is 14.3 Å². The standard InChI is InChI=1S/C20H27NO5/c1-19(2)14-21(17(22)11-20(18(23)24)9-6-10-20)12-16(26-19)13-25-15-7-4-3-5-8-15/h3-5,7-8,16H,6,9-14H2,1-2H3,(H,23,24). The lowest BCUT2D eigenvalue weighted by Gasteiger charge is -2.44. The summed E-state index contributed by atoms with van der Waals surface area (Å²) in [4.78, 5) is 26.1. The van der Waals surface area contributed by atoms with E-state index in [2.05, 4.69) is 0 Å². The summed E-state index contributed by atoms with van der Waals surface area (Å²) in [6, 6.07) is 9.49. The first-order chi connectivity index (χ1) is 12.3. The summed E-state index contributed by atoms with van der Waals surface area (Å²) in [5.74, 6) is -0.196. The second-order valence-corrected chi connectivity index (χ2v) is 8.01. The number of aliphatic carboxylic acids is 1. The molecule has 6 heteroatoms. The monoisotopic (exact) mass is 361 g/mol. The van der Waals surface area contributed by atoms with Gasteiger partial charge in [0.2, 0.25) is 5.91 Å². The average molecular weight is 361 g/mol. The number of morpholine rings is 1. The Hall–Kier alpha value is -2.08. The minimum Gasteiger partial charge on any atom is -0.491 e. The van der Waals surface area contributed by atoms with Crippen LogP contribution in [0.3, 0.4) is 0 Å². The first-order valence-corrected chi connectivity index (χ1v) is 9.17. The predicted molar refractivity (Wildman–Crippen MR) is 96.0 cm³/mol. The van der Waals surface area contributed by atoms with E-state index in [-0.39, 0.29) is 18.4 Å². The molecule has 26 heavy (non-hydrogen) atoms. The Morgan fingerprint density at radius 1 is 1.27 bits per heavy atom. The molecule has 1 aliphatic carbocycles. The number of rotatable bonds is 6. The number of carboxylic acids is 1. The lowest BCUT2D eigenvalue weighted by molar-refractivity contribution is -0.172. The smallest absolute Gasteiger partial charge is 0.310 e. The Morgan fingerprint density at radius 3 is 2.54 bits per heavy atom. The van der Waals surface area contributed by atoms with Gasteiger partial charge in [0.25, 0.3) is 0 Å². The summed E-state index contributed by atoms with van der Waals surface area (Å²) >= 11 is 0. The molecule has 1 aliphatic heterocycles. The normalized spacial score (nSPS) is 23.8. The van der Waals surface area contributed by atoms with Crippen LogP contribution in [-0.4, -0.2) is 53.3 Å². The van der Waals surface area contributed by atoms with E-state index in [1.165, 1.54) is 0 Å². The number of carbonyl (C=O) groups is 2. The molecule has 3 rings (SSSR count). The van der Waals surface area contributed by atoms with Crippen molar-refractivity contribution in [3.8, 4) is 5.75 Å². The molecule has 1 saturated carbocycles. The maximum atomic E-state index is 12.8. The van der Waals surface area contributed by atoms with Gasteiger partial charge < -0.3 is 19.5 Å². The third-order valence-corrected chi connectivity index (χ3v) is 5.27. The third-order valence-electron chi connectivity index (χ3n) is 5.27. The van der Waals surface area contributed by atoms with Crippen LogP contribution in [0.15, 0.2) is 30.3 Å². The lowest BCUT2D eigenvalue weighted by atomic mass is 9.66. The van der Waals surface area contributed by atoms with Crippen LogP contribution in [0.4, 0.5) is 0 Å². The molecule has 6 nitrogen and oxygen atoms in total. The van der Waals surface area contributed by atoms with Crippen molar-refractivity contribution in [1.29, 1.82) is 0 Å². The molecule has 0 aromatic heterocycles. The fourth-order valence-corrected chi connectivity index (χ4v) is 3.75. The van der Waals surface area contributed by atoms with Gasteiger partial charge in [-0.15, -0.1) is 0 Å². The van der Waals surface area contributed by atoms with Crippen LogP contribution < -0.4 is 4.74 Å². The molecule has 2 fully saturated rings. The van der Waals surface area contributed by atoms with Gasteiger partial charge in [-0.1, -0.05) is 24.6 Å². The van der Waals surface area contributed by atoms with Crippen molar-refractivity contribution in [1.82, 2.24) is 4.90 Å². The van der Waals surface area contributed by atoms with Crippen LogP contribution in [0.2, 0.25) is 0 Å². The van der Waals surface area contributed by atoms with E-state index >= 15 is 0 Å². The van der Waals surface area contributed by atoms with Gasteiger partial charge in [-0.3, -0.25) is 9.59 Å². The highest BCUT2D eigenvalue weighted by molar-refractivity contribution is 5.85. The Bertz CT molecular complexity index is 653. The van der Waals surface area contributed by atoms with Gasteiger partial charge in [0.05, 0.1) is 17.6 Å². The molecule has 1 aromatic rings. The zero-order chi connectivity index (χ0) is 18.8. The zero-order valence-electron chi connectivity index (χ0n) is 15.4. The number of hydrogen-bond donors (Lipinski definition) is 1. The van der Waals surface area contributed by atoms with Gasteiger partial charge in [0.1, 0.15) is 18.5 Å². The van der Waals surface area contributed by atoms with Gasteiger partial charge in [0.15, 0.2) is 0 Å². The first kappa shape index (κ1) is 18.7. The van der Waals surface area contributed by atoms with E-state index in [9.17, 15) is 14.7 Å². The van der Waals surface area contributed by atoms with Crippen molar-refractivity contribution in [3.63, 3.8) is 0 Å². The van der Waals surface area contributed by atoms with E-state index in [1.807, 2.05) is 44.2 Å². The van der Waals surface area contributed by atoms with Gasteiger partial charge in [-0.05, 0) is 38.8 Å². The molecule has 0 bridgehead atoms. The summed E-state index contributed by atoms with van der Waals surface area (Å²) in [5.41, 5.74) is -1.36. The SMILES string of the molecule is CC1(C)CN(C(=O)CC2(C(=O)O)CCC2)CC(COc2ccccc2)O1. The first-order valence-electron chi connectivity index (χ1n) is 9.17. The molecule has 1 saturated heterocycles. The van der Waals surface area contributed by atoms with E-state index in [0.29, 0.717) is 32.5 Å². The highest BCUT2D eigenvalue weighted by Gasteiger charge is 2.47. The molecule has 1 heterocycles. The molecule has 1 atom stereocenters. The zero-order valence-corrected chi connectivity index (χ0v) is 15.4. The van der Waals surface area contributed by atoms with E-state index in [0.717, 1.165) is 12.2 Å². The molecule has 1 unspecified atom stereocenters. The van der Waals surface area contributed by atoms with E-state index in [4.69, 9.17) is 9.47 Å². The predicted octanol–water partition coefficient (Wildman–Crippen LogP) is 2.72. The molecular formula is C20H27NO5. The Morgan fingerprint density at radius 2 is 1.96 bits per heavy atom. The molecule has 1 amide bonds. The highest BCUT2D eigenvalue weighted by Crippen LogP contribution is 2.44. The van der Waals surface area contributed by atoms with Crippen molar-refractivity contribution < 1.29 is 24.2 Å². The summed E-state index contributed by atoms with van der Waals surface area (Å²) in [7, 11) is 0. The molecule has 2 aliphatic rings. The van der Waals surface area contributed by atoms with Crippen molar-refractivity contribution in [3.05, 3.63) is 30.3 Å². The van der Waals surface area contributed by atoms with Crippen LogP contribution in [0.5, 0.6) is 5.75 Å². The second-order valence-electron chi connectivity index (χ2n) is 8.01. The van der Waals surface area contributed by atoms with E-state index in [1.54, 1.807) is 4.90 Å². The number of amides is 1. The van der Waals surface area contributed by atoms with Crippen LogP contribution in [0, 0.1) is 5.41 Å². The van der Waals surface area contributed by atoms with E-state index < -0.39 is 17.0 Å². The van der Waals surface area contributed by atoms with Crippen LogP contribution in [0.25, 0.3) is 0 Å². The number of para-hydroxylation sites is 1. The van der Waals surface area contributed by atoms with Gasteiger partial charge in [0, 0.05) is 13.0 Å². The number of nitrogens with zero attached hydrogens (tertiary/aromatic N) is 1.